The van der Waals surface area contributed by atoms with Gasteiger partial charge in [-0.15, -0.1) is 0 Å². The van der Waals surface area contributed by atoms with Crippen LogP contribution in [0.3, 0.4) is 0 Å². The van der Waals surface area contributed by atoms with E-state index in [0.29, 0.717) is 0 Å². The van der Waals surface area contributed by atoms with Crippen molar-refractivity contribution in [2.45, 2.75) is 0 Å². The van der Waals surface area contributed by atoms with E-state index in [1.54, 1.807) is 0 Å². The van der Waals surface area contributed by atoms with E-state index in [1.807, 2.05) is 56.3 Å². The summed E-state index contributed by atoms with van der Waals surface area (Å²) in [6, 6.07) is 0. The SMILES string of the molecule is CN(C)P(=N[N+]#N)(N(C)C)N(C)C.F[P-](F)(F)(F)(F)F. The molecule has 0 rings (SSSR count). The predicted molar refractivity (Wildman–Crippen MR) is 69.1 cm³/mol. The Bertz CT molecular complexity index is 380. The molecule has 0 saturated heterocycles. The van der Waals surface area contributed by atoms with Crippen molar-refractivity contribution in [3.8, 4) is 0 Å². The number of halogens is 6. The Morgan fingerprint density at radius 1 is 0.800 bits per heavy atom. The Hall–Kier alpha value is -0.460. The Morgan fingerprint density at radius 3 is 1.05 bits per heavy atom. The van der Waals surface area contributed by atoms with Crippen molar-refractivity contribution in [2.24, 2.45) is 4.85 Å². The van der Waals surface area contributed by atoms with Crippen LogP contribution < -0.4 is 0 Å². The predicted octanol–water partition coefficient (Wildman–Crippen LogP) is 4.77. The third-order valence-corrected chi connectivity index (χ3v) is 5.31. The molecular weight excluding hydrogens is 332 g/mol. The second-order valence-corrected chi connectivity index (χ2v) is 9.78. The summed E-state index contributed by atoms with van der Waals surface area (Å²) in [5.41, 5.74) is 0. The van der Waals surface area contributed by atoms with Crippen LogP contribution in [0.25, 0.3) is 5.08 Å². The molecule has 0 aliphatic carbocycles. The van der Waals surface area contributed by atoms with E-state index in [9.17, 15) is 25.2 Å². The van der Waals surface area contributed by atoms with Crippen LogP contribution in [0, 0.1) is 5.39 Å². The maximum absolute atomic E-state index is 10.7. The van der Waals surface area contributed by atoms with Gasteiger partial charge in [-0.1, -0.05) is 0 Å². The molecule has 0 fully saturated rings. The van der Waals surface area contributed by atoms with Crippen molar-refractivity contribution in [1.29, 1.82) is 5.39 Å². The molecule has 0 bridgehead atoms. The summed E-state index contributed by atoms with van der Waals surface area (Å²) in [5, 5.41) is 11.5. The van der Waals surface area contributed by atoms with Crippen LogP contribution in [0.2, 0.25) is 0 Å². The summed E-state index contributed by atoms with van der Waals surface area (Å²) in [6.07, 6.45) is 0. The fourth-order valence-electron chi connectivity index (χ4n) is 1.37. The minimum absolute atomic E-state index is 1.92. The van der Waals surface area contributed by atoms with Crippen LogP contribution in [0.4, 0.5) is 25.2 Å². The van der Waals surface area contributed by atoms with Gasteiger partial charge >= 0.3 is 38.1 Å². The molecule has 0 heterocycles. The summed E-state index contributed by atoms with van der Waals surface area (Å²) in [6.45, 7) is 0. The van der Waals surface area contributed by atoms with Gasteiger partial charge in [-0.25, -0.2) is 14.0 Å². The molecule has 0 aromatic heterocycles. The van der Waals surface area contributed by atoms with Crippen LogP contribution in [0.5, 0.6) is 0 Å². The summed E-state index contributed by atoms with van der Waals surface area (Å²) in [4.78, 5) is 3.92. The van der Waals surface area contributed by atoms with Gasteiger partial charge in [0.05, 0.1) is 0 Å². The van der Waals surface area contributed by atoms with E-state index in [4.69, 9.17) is 5.39 Å². The summed E-state index contributed by atoms with van der Waals surface area (Å²) >= 11 is 0. The van der Waals surface area contributed by atoms with Crippen LogP contribution in [0.1, 0.15) is 0 Å². The molecule has 0 atom stereocenters. The third kappa shape index (κ3) is 10.3. The quantitative estimate of drug-likeness (QED) is 0.318. The number of hydrogen-bond acceptors (Lipinski definition) is 2. The van der Waals surface area contributed by atoms with Crippen molar-refractivity contribution < 1.29 is 25.2 Å². The van der Waals surface area contributed by atoms with Gasteiger partial charge in [-0.05, 0) is 42.3 Å². The standard InChI is InChI=1S/C6H18N6P.F6P/c1-10(2)13(9-8-7,11(3)4)12(5)6;1-7(2,3,4,5)6/h1-6H3;/q+1;-1. The zero-order valence-corrected chi connectivity index (χ0v) is 13.6. The number of hydrogen-bond donors (Lipinski definition) is 0. The molecule has 14 heteroatoms. The van der Waals surface area contributed by atoms with Crippen molar-refractivity contribution in [3.05, 3.63) is 5.08 Å². The van der Waals surface area contributed by atoms with Crippen molar-refractivity contribution in [2.75, 3.05) is 42.3 Å². The average molecular weight is 350 g/mol. The molecule has 0 spiro atoms. The van der Waals surface area contributed by atoms with E-state index in [2.05, 4.69) is 9.94 Å². The maximum atomic E-state index is 9.87. The molecular formula is C6H18F6N6P2. The van der Waals surface area contributed by atoms with Gasteiger partial charge in [-0.3, -0.25) is 0 Å². The Labute approximate surface area is 113 Å². The van der Waals surface area contributed by atoms with Gasteiger partial charge in [0.15, 0.2) is 4.85 Å². The van der Waals surface area contributed by atoms with Crippen LogP contribution in [-0.2, 0) is 0 Å². The monoisotopic (exact) mass is 350 g/mol. The summed E-state index contributed by atoms with van der Waals surface area (Å²) in [7, 11) is -1.15. The molecule has 0 unspecified atom stereocenters. The van der Waals surface area contributed by atoms with Crippen molar-refractivity contribution in [3.63, 3.8) is 0 Å². The molecule has 20 heavy (non-hydrogen) atoms. The van der Waals surface area contributed by atoms with Gasteiger partial charge in [0.25, 0.3) is 12.9 Å². The van der Waals surface area contributed by atoms with Crippen molar-refractivity contribution in [1.82, 2.24) is 14.0 Å². The number of nitrogens with zero attached hydrogens (tertiary/aromatic N) is 6. The van der Waals surface area contributed by atoms with E-state index >= 15 is 0 Å². The molecule has 0 aliphatic rings. The number of diazo groups is 1. The molecule has 0 radical (unpaired) electrons. The van der Waals surface area contributed by atoms with Gasteiger partial charge in [-0.2, -0.15) is 0 Å². The molecule has 0 aliphatic heterocycles. The topological polar surface area (TPSA) is 50.2 Å². The molecule has 6 nitrogen and oxygen atoms in total. The minimum atomic E-state index is -10.7. The van der Waals surface area contributed by atoms with Crippen molar-refractivity contribution >= 4 is 15.3 Å². The normalized spacial score (nSPS) is 16.1. The van der Waals surface area contributed by atoms with E-state index in [0.717, 1.165) is 0 Å². The van der Waals surface area contributed by atoms with Crippen LogP contribution in [-0.4, -0.2) is 56.3 Å². The fourth-order valence-corrected chi connectivity index (χ4v) is 4.10. The zero-order chi connectivity index (χ0) is 17.1. The van der Waals surface area contributed by atoms with Gasteiger partial charge in [0.1, 0.15) is 0 Å². The first-order valence-corrected chi connectivity index (χ1v) is 8.53. The van der Waals surface area contributed by atoms with Gasteiger partial charge in [0, 0.05) is 0 Å². The summed E-state index contributed by atoms with van der Waals surface area (Å²) in [5.74, 6) is 0. The summed E-state index contributed by atoms with van der Waals surface area (Å²) < 4.78 is 65.1. The molecule has 0 amide bonds. The number of rotatable bonds is 3. The molecule has 0 saturated carbocycles. The van der Waals surface area contributed by atoms with Crippen LogP contribution >= 0.6 is 15.3 Å². The van der Waals surface area contributed by atoms with E-state index in [-0.39, 0.29) is 0 Å². The zero-order valence-electron chi connectivity index (χ0n) is 11.8. The van der Waals surface area contributed by atoms with Gasteiger partial charge < -0.3 is 0 Å². The Morgan fingerprint density at radius 2 is 1.00 bits per heavy atom. The molecule has 0 aromatic rings. The average Bonchev–Trinajstić information content (AvgIpc) is 2.06. The third-order valence-electron chi connectivity index (χ3n) is 1.77. The Kier molecular flexibility index (Phi) is 6.26. The van der Waals surface area contributed by atoms with Gasteiger partial charge in [0.2, 0.25) is 0 Å². The molecule has 124 valence electrons. The van der Waals surface area contributed by atoms with Crippen LogP contribution in [0.15, 0.2) is 4.85 Å². The second kappa shape index (κ2) is 5.73. The molecule has 0 aromatic carbocycles. The fraction of sp³-hybridized carbons (Fsp3) is 1.00. The first-order chi connectivity index (χ1) is 8.34. The Balaban J connectivity index is 0. The molecule has 0 N–H and O–H groups in total. The van der Waals surface area contributed by atoms with E-state index < -0.39 is 15.3 Å². The first-order valence-electron chi connectivity index (χ1n) is 4.90. The second-order valence-electron chi connectivity index (χ2n) is 4.22. The first kappa shape index (κ1) is 21.8. The van der Waals surface area contributed by atoms with E-state index in [1.165, 1.54) is 0 Å².